The third kappa shape index (κ3) is 4.81. The lowest BCUT2D eigenvalue weighted by Crippen LogP contribution is -2.39. The molecular weight excluding hydrogens is 319 g/mol. The molecule has 4 nitrogen and oxygen atoms in total. The number of halogens is 2. The van der Waals surface area contributed by atoms with Crippen molar-refractivity contribution in [3.63, 3.8) is 0 Å². The van der Waals surface area contributed by atoms with Crippen molar-refractivity contribution in [2.45, 2.75) is 25.8 Å². The molecule has 126 valence electrons. The molecule has 1 heterocycles. The molecule has 0 fully saturated rings. The van der Waals surface area contributed by atoms with Crippen LogP contribution in [0.1, 0.15) is 19.1 Å². The van der Waals surface area contributed by atoms with Gasteiger partial charge in [-0.2, -0.15) is 0 Å². The fourth-order valence-electron chi connectivity index (χ4n) is 2.13. The SMILES string of the molecule is CC(CN)N(C)C(=O)CCc1ccc(-c2ccccc2F)o1.Cl. The van der Waals surface area contributed by atoms with E-state index < -0.39 is 0 Å². The predicted octanol–water partition coefficient (Wildman–Crippen LogP) is 3.25. The van der Waals surface area contributed by atoms with Crippen molar-refractivity contribution >= 4 is 18.3 Å². The quantitative estimate of drug-likeness (QED) is 0.878. The Kier molecular flexibility index (Phi) is 7.26. The summed E-state index contributed by atoms with van der Waals surface area (Å²) in [4.78, 5) is 13.7. The molecule has 0 aliphatic heterocycles. The molecule has 1 atom stereocenters. The maximum atomic E-state index is 13.7. The minimum atomic E-state index is -0.323. The van der Waals surface area contributed by atoms with Crippen molar-refractivity contribution in [2.24, 2.45) is 5.73 Å². The van der Waals surface area contributed by atoms with Crippen LogP contribution in [-0.4, -0.2) is 30.4 Å². The van der Waals surface area contributed by atoms with E-state index in [1.165, 1.54) is 6.07 Å². The summed E-state index contributed by atoms with van der Waals surface area (Å²) in [7, 11) is 1.74. The summed E-state index contributed by atoms with van der Waals surface area (Å²) in [5.74, 6) is 0.836. The molecule has 1 amide bonds. The van der Waals surface area contributed by atoms with Crippen molar-refractivity contribution in [3.8, 4) is 11.3 Å². The van der Waals surface area contributed by atoms with E-state index in [2.05, 4.69) is 0 Å². The summed E-state index contributed by atoms with van der Waals surface area (Å²) in [6, 6.07) is 9.97. The maximum absolute atomic E-state index is 13.7. The van der Waals surface area contributed by atoms with Gasteiger partial charge in [-0.15, -0.1) is 12.4 Å². The number of benzene rings is 1. The third-order valence-corrected chi connectivity index (χ3v) is 3.78. The molecule has 1 aromatic carbocycles. The molecule has 1 unspecified atom stereocenters. The Labute approximate surface area is 141 Å². The Bertz CT molecular complexity index is 645. The van der Waals surface area contributed by atoms with Gasteiger partial charge in [0.15, 0.2) is 0 Å². The van der Waals surface area contributed by atoms with Crippen LogP contribution in [0.2, 0.25) is 0 Å². The van der Waals surface area contributed by atoms with Gasteiger partial charge in [0.1, 0.15) is 17.3 Å². The van der Waals surface area contributed by atoms with E-state index >= 15 is 0 Å². The average Bonchev–Trinajstić information content (AvgIpc) is 3.00. The van der Waals surface area contributed by atoms with Gasteiger partial charge in [-0.3, -0.25) is 4.79 Å². The summed E-state index contributed by atoms with van der Waals surface area (Å²) < 4.78 is 19.3. The average molecular weight is 341 g/mol. The van der Waals surface area contributed by atoms with E-state index in [0.29, 0.717) is 36.5 Å². The number of aryl methyl sites for hydroxylation is 1. The Hall–Kier alpha value is -1.85. The van der Waals surface area contributed by atoms with Crippen molar-refractivity contribution < 1.29 is 13.6 Å². The second-order valence-corrected chi connectivity index (χ2v) is 5.34. The zero-order valence-corrected chi connectivity index (χ0v) is 14.1. The molecule has 2 aromatic rings. The molecule has 23 heavy (non-hydrogen) atoms. The van der Waals surface area contributed by atoms with Gasteiger partial charge in [-0.05, 0) is 31.2 Å². The van der Waals surface area contributed by atoms with Crippen LogP contribution in [0.4, 0.5) is 4.39 Å². The van der Waals surface area contributed by atoms with Gasteiger partial charge < -0.3 is 15.1 Å². The molecule has 0 bridgehead atoms. The standard InChI is InChI=1S/C17H21FN2O2.ClH/c1-12(11-19)20(2)17(21)10-8-13-7-9-16(22-13)14-5-3-4-6-15(14)18;/h3-7,9,12H,8,10-11,19H2,1-2H3;1H. The number of furan rings is 1. The normalized spacial score (nSPS) is 11.7. The maximum Gasteiger partial charge on any atom is 0.223 e. The smallest absolute Gasteiger partial charge is 0.223 e. The fraction of sp³-hybridized carbons (Fsp3) is 0.353. The fourth-order valence-corrected chi connectivity index (χ4v) is 2.13. The molecule has 1 aromatic heterocycles. The topological polar surface area (TPSA) is 59.5 Å². The Morgan fingerprint density at radius 2 is 2.00 bits per heavy atom. The second-order valence-electron chi connectivity index (χ2n) is 5.34. The zero-order chi connectivity index (χ0) is 16.1. The number of nitrogens with zero attached hydrogens (tertiary/aromatic N) is 1. The summed E-state index contributed by atoms with van der Waals surface area (Å²) in [6.45, 7) is 2.33. The van der Waals surface area contributed by atoms with E-state index in [1.807, 2.05) is 6.92 Å². The molecule has 0 aliphatic rings. The number of nitrogens with two attached hydrogens (primary N) is 1. The highest BCUT2D eigenvalue weighted by Crippen LogP contribution is 2.25. The number of carbonyl (C=O) groups is 1. The van der Waals surface area contributed by atoms with Crippen LogP contribution in [0.3, 0.4) is 0 Å². The summed E-state index contributed by atoms with van der Waals surface area (Å²) in [5, 5.41) is 0. The Balaban J connectivity index is 0.00000264. The van der Waals surface area contributed by atoms with Gasteiger partial charge in [-0.25, -0.2) is 4.39 Å². The van der Waals surface area contributed by atoms with Gasteiger partial charge in [0.25, 0.3) is 0 Å². The molecule has 0 aliphatic carbocycles. The minimum absolute atomic E-state index is 0. The highest BCUT2D eigenvalue weighted by molar-refractivity contribution is 5.85. The van der Waals surface area contributed by atoms with Crippen LogP contribution < -0.4 is 5.73 Å². The number of hydrogen-bond donors (Lipinski definition) is 1. The largest absolute Gasteiger partial charge is 0.461 e. The molecule has 2 N–H and O–H groups in total. The summed E-state index contributed by atoms with van der Waals surface area (Å²) in [5.41, 5.74) is 5.98. The number of hydrogen-bond acceptors (Lipinski definition) is 3. The van der Waals surface area contributed by atoms with E-state index in [4.69, 9.17) is 10.2 Å². The number of likely N-dealkylation sites (N-methyl/N-ethyl adjacent to an activating group) is 1. The first-order chi connectivity index (χ1) is 10.5. The second kappa shape index (κ2) is 8.70. The van der Waals surface area contributed by atoms with E-state index in [-0.39, 0.29) is 30.2 Å². The monoisotopic (exact) mass is 340 g/mol. The van der Waals surface area contributed by atoms with Gasteiger partial charge in [0.05, 0.1) is 5.56 Å². The molecule has 2 rings (SSSR count). The van der Waals surface area contributed by atoms with Crippen LogP contribution in [0.25, 0.3) is 11.3 Å². The first kappa shape index (κ1) is 19.2. The molecule has 0 radical (unpaired) electrons. The Morgan fingerprint density at radius 1 is 1.30 bits per heavy atom. The van der Waals surface area contributed by atoms with Gasteiger partial charge >= 0.3 is 0 Å². The lowest BCUT2D eigenvalue weighted by molar-refractivity contribution is -0.131. The molecule has 0 saturated carbocycles. The van der Waals surface area contributed by atoms with Crippen molar-refractivity contribution in [2.75, 3.05) is 13.6 Å². The van der Waals surface area contributed by atoms with Crippen LogP contribution in [-0.2, 0) is 11.2 Å². The molecule has 0 spiro atoms. The summed E-state index contributed by atoms with van der Waals surface area (Å²) in [6.07, 6.45) is 0.819. The van der Waals surface area contributed by atoms with Crippen LogP contribution >= 0.6 is 12.4 Å². The molecule has 6 heteroatoms. The van der Waals surface area contributed by atoms with Gasteiger partial charge in [0.2, 0.25) is 5.91 Å². The first-order valence-corrected chi connectivity index (χ1v) is 7.32. The highest BCUT2D eigenvalue weighted by atomic mass is 35.5. The lowest BCUT2D eigenvalue weighted by atomic mass is 10.1. The number of carbonyl (C=O) groups excluding carboxylic acids is 1. The lowest BCUT2D eigenvalue weighted by Gasteiger charge is -2.23. The van der Waals surface area contributed by atoms with Crippen molar-refractivity contribution in [3.05, 3.63) is 48.0 Å². The first-order valence-electron chi connectivity index (χ1n) is 7.32. The molecular formula is C17H22ClFN2O2. The van der Waals surface area contributed by atoms with Gasteiger partial charge in [-0.1, -0.05) is 12.1 Å². The van der Waals surface area contributed by atoms with Crippen LogP contribution in [0.5, 0.6) is 0 Å². The predicted molar refractivity (Wildman–Crippen MR) is 91.0 cm³/mol. The van der Waals surface area contributed by atoms with E-state index in [0.717, 1.165) is 0 Å². The van der Waals surface area contributed by atoms with Crippen LogP contribution in [0.15, 0.2) is 40.8 Å². The van der Waals surface area contributed by atoms with E-state index in [1.54, 1.807) is 42.3 Å². The van der Waals surface area contributed by atoms with Crippen molar-refractivity contribution in [1.29, 1.82) is 0 Å². The number of rotatable bonds is 6. The van der Waals surface area contributed by atoms with Crippen LogP contribution in [0, 0.1) is 5.82 Å². The molecule has 0 saturated heterocycles. The summed E-state index contributed by atoms with van der Waals surface area (Å²) >= 11 is 0. The third-order valence-electron chi connectivity index (χ3n) is 3.78. The zero-order valence-electron chi connectivity index (χ0n) is 13.3. The highest BCUT2D eigenvalue weighted by Gasteiger charge is 2.15. The number of amides is 1. The van der Waals surface area contributed by atoms with Gasteiger partial charge in [0, 0.05) is 32.5 Å². The minimum Gasteiger partial charge on any atom is -0.461 e. The van der Waals surface area contributed by atoms with E-state index in [9.17, 15) is 9.18 Å². The Morgan fingerprint density at radius 3 is 2.65 bits per heavy atom. The van der Waals surface area contributed by atoms with Crippen molar-refractivity contribution in [1.82, 2.24) is 4.90 Å².